The number of hydrogen-bond donors (Lipinski definition) is 1. The van der Waals surface area contributed by atoms with Crippen LogP contribution in [0.2, 0.25) is 0 Å². The van der Waals surface area contributed by atoms with Gasteiger partial charge in [0.25, 0.3) is 0 Å². The maximum Gasteiger partial charge on any atom is 0.328 e. The highest BCUT2D eigenvalue weighted by Gasteiger charge is 2.07. The molecule has 102 valence electrons. The van der Waals surface area contributed by atoms with Crippen LogP contribution in [0, 0.1) is 9.39 Å². The van der Waals surface area contributed by atoms with Gasteiger partial charge in [0.15, 0.2) is 0 Å². The third-order valence-electron chi connectivity index (χ3n) is 2.43. The molecule has 0 heterocycles. The van der Waals surface area contributed by atoms with Crippen LogP contribution in [-0.2, 0) is 4.79 Å². The van der Waals surface area contributed by atoms with Gasteiger partial charge in [-0.1, -0.05) is 12.1 Å². The Kier molecular flexibility index (Phi) is 4.73. The molecule has 0 fully saturated rings. The third kappa shape index (κ3) is 3.80. The van der Waals surface area contributed by atoms with E-state index in [-0.39, 0.29) is 0 Å². The van der Waals surface area contributed by atoms with Gasteiger partial charge in [-0.05, 0) is 59.0 Å². The van der Waals surface area contributed by atoms with Crippen molar-refractivity contribution in [3.8, 4) is 11.5 Å². The molecule has 20 heavy (non-hydrogen) atoms. The first kappa shape index (κ1) is 14.5. The Morgan fingerprint density at radius 3 is 2.65 bits per heavy atom. The van der Waals surface area contributed by atoms with Crippen LogP contribution in [-0.4, -0.2) is 11.1 Å². The van der Waals surface area contributed by atoms with Crippen LogP contribution in [0.15, 0.2) is 48.5 Å². The zero-order chi connectivity index (χ0) is 14.5. The fourth-order valence-corrected chi connectivity index (χ4v) is 2.05. The molecule has 0 radical (unpaired) electrons. The van der Waals surface area contributed by atoms with Crippen LogP contribution in [0.1, 0.15) is 5.56 Å². The Morgan fingerprint density at radius 1 is 1.20 bits per heavy atom. The summed E-state index contributed by atoms with van der Waals surface area (Å²) in [7, 11) is 0. The van der Waals surface area contributed by atoms with Crippen LogP contribution < -0.4 is 4.74 Å². The number of rotatable bonds is 4. The number of carbonyl (C=O) groups is 1. The predicted molar refractivity (Wildman–Crippen MR) is 82.3 cm³/mol. The van der Waals surface area contributed by atoms with E-state index in [0.29, 0.717) is 17.1 Å². The monoisotopic (exact) mass is 384 g/mol. The molecule has 0 aliphatic rings. The van der Waals surface area contributed by atoms with Crippen molar-refractivity contribution >= 4 is 34.6 Å². The number of ether oxygens (including phenoxy) is 1. The molecule has 0 bridgehead atoms. The molecular formula is C15H10FIO3. The predicted octanol–water partition coefficient (Wildman–Crippen LogP) is 4.32. The summed E-state index contributed by atoms with van der Waals surface area (Å²) in [6, 6.07) is 11.3. The highest BCUT2D eigenvalue weighted by atomic mass is 127. The Hall–Kier alpha value is -1.89. The average Bonchev–Trinajstić information content (AvgIpc) is 2.41. The van der Waals surface area contributed by atoms with Crippen LogP contribution in [0.5, 0.6) is 11.5 Å². The van der Waals surface area contributed by atoms with E-state index in [1.807, 2.05) is 18.2 Å². The summed E-state index contributed by atoms with van der Waals surface area (Å²) < 4.78 is 19.9. The number of carboxylic acid groups (broad SMARTS) is 1. The van der Waals surface area contributed by atoms with Gasteiger partial charge in [0, 0.05) is 11.6 Å². The number of para-hydroxylation sites is 1. The average molecular weight is 384 g/mol. The Morgan fingerprint density at radius 2 is 1.95 bits per heavy atom. The topological polar surface area (TPSA) is 46.5 Å². The highest BCUT2D eigenvalue weighted by molar-refractivity contribution is 14.1. The standard InChI is InChI=1S/C15H10FIO3/c16-11-6-7-13(10(9-11)5-8-15(18)19)20-14-4-2-1-3-12(14)17/h1-9H,(H,18,19)/b8-5+. The second-order valence-electron chi connectivity index (χ2n) is 3.89. The van der Waals surface area contributed by atoms with Crippen LogP contribution in [0.4, 0.5) is 4.39 Å². The van der Waals surface area contributed by atoms with Crippen molar-refractivity contribution in [2.75, 3.05) is 0 Å². The molecule has 5 heteroatoms. The van der Waals surface area contributed by atoms with Gasteiger partial charge < -0.3 is 9.84 Å². The van der Waals surface area contributed by atoms with Gasteiger partial charge >= 0.3 is 5.97 Å². The van der Waals surface area contributed by atoms with Crippen molar-refractivity contribution in [1.29, 1.82) is 0 Å². The van der Waals surface area contributed by atoms with Gasteiger partial charge in [0.1, 0.15) is 17.3 Å². The Bertz CT molecular complexity index is 668. The van der Waals surface area contributed by atoms with Gasteiger partial charge in [-0.15, -0.1) is 0 Å². The fraction of sp³-hybridized carbons (Fsp3) is 0. The van der Waals surface area contributed by atoms with E-state index in [1.54, 1.807) is 6.07 Å². The van der Waals surface area contributed by atoms with E-state index < -0.39 is 11.8 Å². The minimum absolute atomic E-state index is 0.368. The molecule has 0 amide bonds. The fourth-order valence-electron chi connectivity index (χ4n) is 1.55. The first-order chi connectivity index (χ1) is 9.56. The quantitative estimate of drug-likeness (QED) is 0.631. The molecule has 1 N–H and O–H groups in total. The molecule has 0 spiro atoms. The van der Waals surface area contributed by atoms with Crippen LogP contribution in [0.3, 0.4) is 0 Å². The van der Waals surface area contributed by atoms with E-state index in [1.165, 1.54) is 24.3 Å². The normalized spacial score (nSPS) is 10.7. The summed E-state index contributed by atoms with van der Waals surface area (Å²) in [6.45, 7) is 0. The molecular weight excluding hydrogens is 374 g/mol. The van der Waals surface area contributed by atoms with Crippen LogP contribution >= 0.6 is 22.6 Å². The molecule has 3 nitrogen and oxygen atoms in total. The zero-order valence-corrected chi connectivity index (χ0v) is 12.4. The van der Waals surface area contributed by atoms with Gasteiger partial charge in [0.05, 0.1) is 3.57 Å². The van der Waals surface area contributed by atoms with E-state index >= 15 is 0 Å². The van der Waals surface area contributed by atoms with Gasteiger partial charge in [-0.2, -0.15) is 0 Å². The molecule has 2 rings (SSSR count). The van der Waals surface area contributed by atoms with Gasteiger partial charge in [-0.25, -0.2) is 9.18 Å². The Balaban J connectivity index is 2.36. The summed E-state index contributed by atoms with van der Waals surface area (Å²) >= 11 is 2.13. The summed E-state index contributed by atoms with van der Waals surface area (Å²) in [6.07, 6.45) is 2.24. The van der Waals surface area contributed by atoms with E-state index in [4.69, 9.17) is 9.84 Å². The highest BCUT2D eigenvalue weighted by Crippen LogP contribution is 2.30. The molecule has 0 saturated carbocycles. The second kappa shape index (κ2) is 6.51. The lowest BCUT2D eigenvalue weighted by Crippen LogP contribution is -1.92. The minimum Gasteiger partial charge on any atom is -0.478 e. The van der Waals surface area contributed by atoms with Crippen molar-refractivity contribution in [1.82, 2.24) is 0 Å². The van der Waals surface area contributed by atoms with Crippen molar-refractivity contribution in [3.63, 3.8) is 0 Å². The largest absolute Gasteiger partial charge is 0.478 e. The lowest BCUT2D eigenvalue weighted by Gasteiger charge is -2.10. The maximum absolute atomic E-state index is 13.3. The summed E-state index contributed by atoms with van der Waals surface area (Å²) in [5, 5.41) is 8.65. The molecule has 0 saturated heterocycles. The molecule has 2 aromatic rings. The molecule has 0 aliphatic heterocycles. The smallest absolute Gasteiger partial charge is 0.328 e. The Labute approximate surface area is 128 Å². The lowest BCUT2D eigenvalue weighted by molar-refractivity contribution is -0.131. The van der Waals surface area contributed by atoms with Crippen molar-refractivity contribution in [3.05, 3.63) is 63.5 Å². The van der Waals surface area contributed by atoms with Gasteiger partial charge in [-0.3, -0.25) is 0 Å². The van der Waals surface area contributed by atoms with Crippen molar-refractivity contribution in [2.24, 2.45) is 0 Å². The van der Waals surface area contributed by atoms with Crippen molar-refractivity contribution < 1.29 is 19.0 Å². The summed E-state index contributed by atoms with van der Waals surface area (Å²) in [5.41, 5.74) is 0.368. The molecule has 0 aromatic heterocycles. The number of benzene rings is 2. The van der Waals surface area contributed by atoms with Crippen molar-refractivity contribution in [2.45, 2.75) is 0 Å². The van der Waals surface area contributed by atoms with Crippen LogP contribution in [0.25, 0.3) is 6.08 Å². The number of aliphatic carboxylic acids is 1. The lowest BCUT2D eigenvalue weighted by atomic mass is 10.2. The first-order valence-corrected chi connectivity index (χ1v) is 6.77. The molecule has 0 aliphatic carbocycles. The molecule has 2 aromatic carbocycles. The summed E-state index contributed by atoms with van der Waals surface area (Å²) in [4.78, 5) is 10.6. The maximum atomic E-state index is 13.3. The minimum atomic E-state index is -1.10. The summed E-state index contributed by atoms with van der Waals surface area (Å²) in [5.74, 6) is -0.530. The first-order valence-electron chi connectivity index (χ1n) is 5.69. The van der Waals surface area contributed by atoms with E-state index in [9.17, 15) is 9.18 Å². The van der Waals surface area contributed by atoms with Gasteiger partial charge in [0.2, 0.25) is 0 Å². The zero-order valence-electron chi connectivity index (χ0n) is 10.2. The second-order valence-corrected chi connectivity index (χ2v) is 5.05. The van der Waals surface area contributed by atoms with E-state index in [2.05, 4.69) is 22.6 Å². The third-order valence-corrected chi connectivity index (χ3v) is 3.33. The SMILES string of the molecule is O=C(O)/C=C/c1cc(F)ccc1Oc1ccccc1I. The van der Waals surface area contributed by atoms with E-state index in [0.717, 1.165) is 9.65 Å². The number of carboxylic acids is 1. The number of hydrogen-bond acceptors (Lipinski definition) is 2. The number of halogens is 2. The molecule has 0 atom stereocenters. The molecule has 0 unspecified atom stereocenters.